The molecule has 3 heteroatoms. The number of benzene rings is 1. The Morgan fingerprint density at radius 2 is 1.95 bits per heavy atom. The molecule has 0 unspecified atom stereocenters. The van der Waals surface area contributed by atoms with Crippen LogP contribution in [0.15, 0.2) is 12.1 Å². The van der Waals surface area contributed by atoms with Crippen molar-refractivity contribution < 1.29 is 9.47 Å². The first-order chi connectivity index (χ1) is 8.73. The number of hydrogen-bond acceptors (Lipinski definition) is 3. The summed E-state index contributed by atoms with van der Waals surface area (Å²) in [5, 5.41) is 3.46. The average molecular weight is 263 g/mol. The predicted octanol–water partition coefficient (Wildman–Crippen LogP) is 3.97. The van der Waals surface area contributed by atoms with Crippen molar-refractivity contribution in [2.45, 2.75) is 52.1 Å². The maximum atomic E-state index is 6.28. The van der Waals surface area contributed by atoms with Crippen molar-refractivity contribution in [3.8, 4) is 11.5 Å². The number of ether oxygens (including phenoxy) is 2. The van der Waals surface area contributed by atoms with Gasteiger partial charge in [-0.25, -0.2) is 0 Å². The van der Waals surface area contributed by atoms with E-state index in [0.717, 1.165) is 30.2 Å². The molecule has 1 N–H and O–H groups in total. The summed E-state index contributed by atoms with van der Waals surface area (Å²) in [7, 11) is 1.70. The second-order valence-electron chi connectivity index (χ2n) is 6.84. The van der Waals surface area contributed by atoms with Crippen molar-refractivity contribution in [2.75, 3.05) is 19.0 Å². The normalized spacial score (nSPS) is 17.8. The summed E-state index contributed by atoms with van der Waals surface area (Å²) in [5.74, 6) is 1.84. The molecule has 0 saturated carbocycles. The van der Waals surface area contributed by atoms with Crippen LogP contribution < -0.4 is 14.8 Å². The third-order valence-electron chi connectivity index (χ3n) is 3.53. The van der Waals surface area contributed by atoms with Crippen LogP contribution in [0.4, 0.5) is 5.69 Å². The zero-order chi connectivity index (χ0) is 14.3. The van der Waals surface area contributed by atoms with Crippen LogP contribution in [-0.4, -0.2) is 19.3 Å². The van der Waals surface area contributed by atoms with Gasteiger partial charge >= 0.3 is 0 Å². The average Bonchev–Trinajstić information content (AvgIpc) is 2.43. The van der Waals surface area contributed by atoms with Crippen LogP contribution in [0.5, 0.6) is 11.5 Å². The van der Waals surface area contributed by atoms with Gasteiger partial charge in [0.25, 0.3) is 0 Å². The van der Waals surface area contributed by atoms with Gasteiger partial charge in [-0.2, -0.15) is 0 Å². The molecule has 106 valence electrons. The summed E-state index contributed by atoms with van der Waals surface area (Å²) in [5.41, 5.74) is 2.09. The van der Waals surface area contributed by atoms with Crippen LogP contribution in [0.25, 0.3) is 0 Å². The molecule has 1 heterocycles. The largest absolute Gasteiger partial charge is 0.497 e. The highest BCUT2D eigenvalue weighted by Crippen LogP contribution is 2.43. The van der Waals surface area contributed by atoms with Gasteiger partial charge in [0.15, 0.2) is 0 Å². The number of nitrogens with one attached hydrogen (secondary N) is 1. The third kappa shape index (κ3) is 2.96. The van der Waals surface area contributed by atoms with E-state index in [9.17, 15) is 0 Å². The fourth-order valence-electron chi connectivity index (χ4n) is 2.34. The van der Waals surface area contributed by atoms with Gasteiger partial charge < -0.3 is 14.8 Å². The van der Waals surface area contributed by atoms with Crippen molar-refractivity contribution >= 4 is 5.69 Å². The molecular formula is C16H25NO2. The fraction of sp³-hybridized carbons (Fsp3) is 0.625. The quantitative estimate of drug-likeness (QED) is 0.831. The van der Waals surface area contributed by atoms with E-state index in [1.54, 1.807) is 7.11 Å². The minimum atomic E-state index is -0.146. The highest BCUT2D eigenvalue weighted by molar-refractivity contribution is 5.65. The van der Waals surface area contributed by atoms with Crippen molar-refractivity contribution in [2.24, 2.45) is 0 Å². The van der Waals surface area contributed by atoms with Crippen molar-refractivity contribution in [3.63, 3.8) is 0 Å². The topological polar surface area (TPSA) is 30.5 Å². The summed E-state index contributed by atoms with van der Waals surface area (Å²) < 4.78 is 11.7. The van der Waals surface area contributed by atoms with Crippen LogP contribution in [0.2, 0.25) is 0 Å². The second-order valence-corrected chi connectivity index (χ2v) is 6.84. The standard InChI is InChI=1S/C16H25NO2/c1-15(2,3)12-9-11(18-6)10-13-14(12)19-16(4,5)7-8-17-13/h9-10,17H,7-8H2,1-6H3. The molecule has 0 aromatic heterocycles. The molecule has 2 rings (SSSR count). The fourth-order valence-corrected chi connectivity index (χ4v) is 2.34. The monoisotopic (exact) mass is 263 g/mol. The highest BCUT2D eigenvalue weighted by Gasteiger charge is 2.30. The molecule has 0 aliphatic carbocycles. The maximum absolute atomic E-state index is 6.28. The number of fused-ring (bicyclic) bond motifs is 1. The first-order valence-corrected chi connectivity index (χ1v) is 6.88. The third-order valence-corrected chi connectivity index (χ3v) is 3.53. The van der Waals surface area contributed by atoms with Crippen molar-refractivity contribution in [1.29, 1.82) is 0 Å². The number of hydrogen-bond donors (Lipinski definition) is 1. The highest BCUT2D eigenvalue weighted by atomic mass is 16.5. The smallest absolute Gasteiger partial charge is 0.147 e. The van der Waals surface area contributed by atoms with Crippen molar-refractivity contribution in [1.82, 2.24) is 0 Å². The minimum absolute atomic E-state index is 0.0146. The first kappa shape index (κ1) is 14.0. The molecule has 1 aromatic carbocycles. The maximum Gasteiger partial charge on any atom is 0.147 e. The van der Waals surface area contributed by atoms with E-state index in [2.05, 4.69) is 46.0 Å². The Balaban J connectivity index is 2.60. The predicted molar refractivity (Wildman–Crippen MR) is 79.5 cm³/mol. The summed E-state index contributed by atoms with van der Waals surface area (Å²) in [6.45, 7) is 11.8. The summed E-state index contributed by atoms with van der Waals surface area (Å²) in [6.07, 6.45) is 0.980. The Labute approximate surface area is 116 Å². The van der Waals surface area contributed by atoms with Crippen LogP contribution in [0.3, 0.4) is 0 Å². The van der Waals surface area contributed by atoms with Gasteiger partial charge in [-0.15, -0.1) is 0 Å². The van der Waals surface area contributed by atoms with Gasteiger partial charge in [-0.1, -0.05) is 20.8 Å². The van der Waals surface area contributed by atoms with E-state index < -0.39 is 0 Å². The molecule has 0 atom stereocenters. The van der Waals surface area contributed by atoms with Gasteiger partial charge in [-0.05, 0) is 25.3 Å². The summed E-state index contributed by atoms with van der Waals surface area (Å²) >= 11 is 0. The zero-order valence-corrected chi connectivity index (χ0v) is 12.9. The lowest BCUT2D eigenvalue weighted by atomic mass is 9.85. The van der Waals surface area contributed by atoms with Crippen LogP contribution in [0, 0.1) is 0 Å². The van der Waals surface area contributed by atoms with Gasteiger partial charge in [0.2, 0.25) is 0 Å². The Bertz CT molecular complexity index is 472. The van der Waals surface area contributed by atoms with Gasteiger partial charge in [0.05, 0.1) is 12.8 Å². The zero-order valence-electron chi connectivity index (χ0n) is 12.9. The Hall–Kier alpha value is -1.38. The van der Waals surface area contributed by atoms with E-state index in [-0.39, 0.29) is 11.0 Å². The molecule has 0 amide bonds. The van der Waals surface area contributed by atoms with Crippen LogP contribution >= 0.6 is 0 Å². The lowest BCUT2D eigenvalue weighted by Gasteiger charge is -2.29. The first-order valence-electron chi connectivity index (χ1n) is 6.88. The molecular weight excluding hydrogens is 238 g/mol. The molecule has 1 aliphatic heterocycles. The van der Waals surface area contributed by atoms with Gasteiger partial charge in [-0.3, -0.25) is 0 Å². The van der Waals surface area contributed by atoms with E-state index in [0.29, 0.717) is 0 Å². The molecule has 0 radical (unpaired) electrons. The molecule has 0 fully saturated rings. The van der Waals surface area contributed by atoms with Crippen molar-refractivity contribution in [3.05, 3.63) is 17.7 Å². The second kappa shape index (κ2) is 4.62. The SMILES string of the molecule is COc1cc2c(c(C(C)(C)C)c1)OC(C)(C)CCN2. The molecule has 0 spiro atoms. The Kier molecular flexibility index (Phi) is 3.41. The Morgan fingerprint density at radius 1 is 1.26 bits per heavy atom. The summed E-state index contributed by atoms with van der Waals surface area (Å²) in [6, 6.07) is 4.11. The Morgan fingerprint density at radius 3 is 2.53 bits per heavy atom. The lowest BCUT2D eigenvalue weighted by Crippen LogP contribution is -2.29. The van der Waals surface area contributed by atoms with E-state index in [4.69, 9.17) is 9.47 Å². The molecule has 0 saturated heterocycles. The van der Waals surface area contributed by atoms with E-state index in [1.165, 1.54) is 5.56 Å². The summed E-state index contributed by atoms with van der Waals surface area (Å²) in [4.78, 5) is 0. The molecule has 1 aromatic rings. The molecule has 1 aliphatic rings. The number of methoxy groups -OCH3 is 1. The molecule has 0 bridgehead atoms. The number of anilines is 1. The van der Waals surface area contributed by atoms with Crippen LogP contribution in [-0.2, 0) is 5.41 Å². The minimum Gasteiger partial charge on any atom is -0.497 e. The van der Waals surface area contributed by atoms with E-state index in [1.807, 2.05) is 6.07 Å². The molecule has 3 nitrogen and oxygen atoms in total. The lowest BCUT2D eigenvalue weighted by molar-refractivity contribution is 0.106. The van der Waals surface area contributed by atoms with Gasteiger partial charge in [0.1, 0.15) is 17.1 Å². The van der Waals surface area contributed by atoms with Gasteiger partial charge in [0, 0.05) is 24.6 Å². The van der Waals surface area contributed by atoms with Crippen LogP contribution in [0.1, 0.15) is 46.6 Å². The van der Waals surface area contributed by atoms with E-state index >= 15 is 0 Å². The number of rotatable bonds is 1. The molecule has 19 heavy (non-hydrogen) atoms.